The Morgan fingerprint density at radius 2 is 2.11 bits per heavy atom. The van der Waals surface area contributed by atoms with Crippen LogP contribution in [0.4, 0.5) is 24.5 Å². The molecule has 0 spiro atoms. The largest absolute Gasteiger partial charge is 0.444 e. The summed E-state index contributed by atoms with van der Waals surface area (Å²) < 4.78 is 36.6. The van der Waals surface area contributed by atoms with Crippen LogP contribution < -0.4 is 0 Å². The van der Waals surface area contributed by atoms with Crippen molar-refractivity contribution in [2.45, 2.75) is 11.5 Å². The van der Waals surface area contributed by atoms with Gasteiger partial charge in [-0.3, -0.25) is 10.1 Å². The number of hydrogen-bond acceptors (Lipinski definition) is 3. The fraction of sp³-hybridized carbons (Fsp3) is 0.222. The molecule has 1 rings (SSSR count). The molecule has 0 aliphatic carbocycles. The zero-order valence-electron chi connectivity index (χ0n) is 8.54. The van der Waals surface area contributed by atoms with E-state index in [-0.39, 0.29) is 22.3 Å². The van der Waals surface area contributed by atoms with Crippen molar-refractivity contribution in [3.8, 4) is 0 Å². The lowest BCUT2D eigenvalue weighted by molar-refractivity contribution is -0.384. The minimum absolute atomic E-state index is 0.0696. The fourth-order valence-corrected chi connectivity index (χ4v) is 1.61. The van der Waals surface area contributed by atoms with Crippen LogP contribution in [-0.4, -0.2) is 16.3 Å². The van der Waals surface area contributed by atoms with Gasteiger partial charge in [-0.05, 0) is 11.6 Å². The van der Waals surface area contributed by atoms with Crippen LogP contribution in [-0.2, 0) is 5.33 Å². The molecule has 0 radical (unpaired) electrons. The van der Waals surface area contributed by atoms with E-state index in [1.165, 1.54) is 0 Å². The van der Waals surface area contributed by atoms with Gasteiger partial charge in [0.1, 0.15) is 0 Å². The summed E-state index contributed by atoms with van der Waals surface area (Å²) in [4.78, 5) is 13.1. The van der Waals surface area contributed by atoms with Gasteiger partial charge in [-0.1, -0.05) is 27.5 Å². The summed E-state index contributed by atoms with van der Waals surface area (Å²) in [7, 11) is 0. The van der Waals surface area contributed by atoms with E-state index < -0.39 is 16.3 Å². The van der Waals surface area contributed by atoms with Crippen molar-refractivity contribution < 1.29 is 18.1 Å². The van der Waals surface area contributed by atoms with Crippen molar-refractivity contribution in [1.82, 2.24) is 0 Å². The summed E-state index contributed by atoms with van der Waals surface area (Å²) in [6.07, 6.45) is -4.74. The normalized spacial score (nSPS) is 12.6. The number of halogens is 5. The van der Waals surface area contributed by atoms with E-state index in [2.05, 4.69) is 20.9 Å². The Morgan fingerprint density at radius 3 is 2.56 bits per heavy atom. The van der Waals surface area contributed by atoms with Crippen molar-refractivity contribution in [2.75, 3.05) is 0 Å². The van der Waals surface area contributed by atoms with E-state index >= 15 is 0 Å². The second-order valence-corrected chi connectivity index (χ2v) is 4.02. The Hall–Kier alpha value is -1.15. The SMILES string of the molecule is O=[N+]([O-])c1ccc(N=C(Cl)C(F)(F)F)c(CBr)c1. The molecule has 0 aliphatic rings. The molecule has 0 aromatic heterocycles. The monoisotopic (exact) mass is 344 g/mol. The molecule has 4 nitrogen and oxygen atoms in total. The molecule has 0 saturated carbocycles. The van der Waals surface area contributed by atoms with Crippen LogP contribution in [0.5, 0.6) is 0 Å². The first-order chi connectivity index (χ1) is 8.25. The van der Waals surface area contributed by atoms with Crippen LogP contribution in [0.15, 0.2) is 23.2 Å². The molecule has 0 unspecified atom stereocenters. The van der Waals surface area contributed by atoms with E-state index in [9.17, 15) is 23.3 Å². The fourth-order valence-electron chi connectivity index (χ4n) is 1.07. The lowest BCUT2D eigenvalue weighted by Gasteiger charge is -2.06. The lowest BCUT2D eigenvalue weighted by Crippen LogP contribution is -2.16. The molecule has 9 heteroatoms. The van der Waals surface area contributed by atoms with Crippen LogP contribution in [0, 0.1) is 10.1 Å². The van der Waals surface area contributed by atoms with Crippen LogP contribution in [0.2, 0.25) is 0 Å². The molecule has 0 fully saturated rings. The summed E-state index contributed by atoms with van der Waals surface area (Å²) in [5.41, 5.74) is -0.0575. The van der Waals surface area contributed by atoms with Crippen LogP contribution in [0.25, 0.3) is 0 Å². The quantitative estimate of drug-likeness (QED) is 0.354. The summed E-state index contributed by atoms with van der Waals surface area (Å²) in [6, 6.07) is 3.31. The Bertz CT molecular complexity index is 505. The van der Waals surface area contributed by atoms with Gasteiger partial charge in [-0.2, -0.15) is 13.2 Å². The van der Waals surface area contributed by atoms with E-state index in [0.717, 1.165) is 18.2 Å². The number of hydrogen-bond donors (Lipinski definition) is 0. The average Bonchev–Trinajstić information content (AvgIpc) is 2.27. The number of rotatable bonds is 3. The van der Waals surface area contributed by atoms with Gasteiger partial charge >= 0.3 is 6.18 Å². The summed E-state index contributed by atoms with van der Waals surface area (Å²) in [6.45, 7) is 0. The van der Waals surface area contributed by atoms with Gasteiger partial charge in [-0.25, -0.2) is 4.99 Å². The van der Waals surface area contributed by atoms with Crippen molar-refractivity contribution in [1.29, 1.82) is 0 Å². The summed E-state index contributed by atoms with van der Waals surface area (Å²) in [5, 5.41) is 9.10. The standard InChI is InChI=1S/C9H5BrClF3N2O2/c10-4-5-3-6(16(17)18)1-2-7(5)15-8(11)9(12,13)14/h1-3H,4H2. The highest BCUT2D eigenvalue weighted by Crippen LogP contribution is 2.29. The third-order valence-corrected chi connectivity index (χ3v) is 2.77. The zero-order chi connectivity index (χ0) is 13.9. The second-order valence-electron chi connectivity index (χ2n) is 3.10. The predicted molar refractivity (Wildman–Crippen MR) is 64.7 cm³/mol. The Morgan fingerprint density at radius 1 is 1.50 bits per heavy atom. The molecule has 18 heavy (non-hydrogen) atoms. The number of non-ortho nitro benzene ring substituents is 1. The summed E-state index contributed by atoms with van der Waals surface area (Å²) in [5.74, 6) is 0. The van der Waals surface area contributed by atoms with Crippen molar-refractivity contribution in [2.24, 2.45) is 4.99 Å². The molecule has 98 valence electrons. The molecule has 0 bridgehead atoms. The topological polar surface area (TPSA) is 55.5 Å². The van der Waals surface area contributed by atoms with Crippen molar-refractivity contribution in [3.63, 3.8) is 0 Å². The smallest absolute Gasteiger partial charge is 0.258 e. The third kappa shape index (κ3) is 3.67. The van der Waals surface area contributed by atoms with Gasteiger partial charge in [0.05, 0.1) is 10.6 Å². The van der Waals surface area contributed by atoms with Gasteiger partial charge in [0.25, 0.3) is 5.69 Å². The molecular formula is C9H5BrClF3N2O2. The van der Waals surface area contributed by atoms with Gasteiger partial charge in [0.15, 0.2) is 0 Å². The number of nitrogens with zero attached hydrogens (tertiary/aromatic N) is 2. The minimum atomic E-state index is -4.74. The third-order valence-electron chi connectivity index (χ3n) is 1.87. The number of nitro groups is 1. The first-order valence-electron chi connectivity index (χ1n) is 4.40. The van der Waals surface area contributed by atoms with E-state index in [1.54, 1.807) is 0 Å². The molecule has 0 atom stereocenters. The van der Waals surface area contributed by atoms with Crippen molar-refractivity contribution >= 4 is 44.1 Å². The van der Waals surface area contributed by atoms with Gasteiger partial charge in [0, 0.05) is 17.5 Å². The van der Waals surface area contributed by atoms with Gasteiger partial charge < -0.3 is 0 Å². The molecule has 0 heterocycles. The molecule has 1 aromatic rings. The maximum absolute atomic E-state index is 12.2. The maximum atomic E-state index is 12.2. The van der Waals surface area contributed by atoms with E-state index in [4.69, 9.17) is 11.6 Å². The predicted octanol–water partition coefficient (Wildman–Crippen LogP) is 4.32. The van der Waals surface area contributed by atoms with Crippen molar-refractivity contribution in [3.05, 3.63) is 33.9 Å². The molecule has 0 saturated heterocycles. The van der Waals surface area contributed by atoms with Crippen LogP contribution in [0.3, 0.4) is 0 Å². The first-order valence-corrected chi connectivity index (χ1v) is 5.90. The van der Waals surface area contributed by atoms with E-state index in [0.29, 0.717) is 0 Å². The van der Waals surface area contributed by atoms with Gasteiger partial charge in [-0.15, -0.1) is 0 Å². The number of aliphatic imine (C=N–C) groups is 1. The Balaban J connectivity index is 3.22. The molecule has 0 aliphatic heterocycles. The number of alkyl halides is 4. The molecular weight excluding hydrogens is 340 g/mol. The Labute approximate surface area is 113 Å². The molecule has 0 N–H and O–H groups in total. The molecule has 0 amide bonds. The highest BCUT2D eigenvalue weighted by Gasteiger charge is 2.34. The number of benzene rings is 1. The maximum Gasteiger partial charge on any atom is 0.444 e. The highest BCUT2D eigenvalue weighted by molar-refractivity contribution is 9.08. The first kappa shape index (κ1) is 14.9. The van der Waals surface area contributed by atoms with Crippen LogP contribution >= 0.6 is 27.5 Å². The Kier molecular flexibility index (Phi) is 4.69. The zero-order valence-corrected chi connectivity index (χ0v) is 10.9. The second kappa shape index (κ2) is 5.66. The number of nitro benzene ring substituents is 1. The average molecular weight is 346 g/mol. The molecule has 1 aromatic carbocycles. The lowest BCUT2D eigenvalue weighted by atomic mass is 10.2. The van der Waals surface area contributed by atoms with E-state index in [1.807, 2.05) is 0 Å². The summed E-state index contributed by atoms with van der Waals surface area (Å²) >= 11 is 8.01. The van der Waals surface area contributed by atoms with Gasteiger partial charge in [0.2, 0.25) is 5.17 Å². The minimum Gasteiger partial charge on any atom is -0.258 e. The van der Waals surface area contributed by atoms with Crippen LogP contribution in [0.1, 0.15) is 5.56 Å². The highest BCUT2D eigenvalue weighted by atomic mass is 79.9.